The molecule has 96 valence electrons. The fourth-order valence-electron chi connectivity index (χ4n) is 1.42. The van der Waals surface area contributed by atoms with Crippen molar-refractivity contribution in [3.05, 3.63) is 12.2 Å². The third-order valence-corrected chi connectivity index (χ3v) is 3.12. The average Bonchev–Trinajstić information content (AvgIpc) is 2.86. The van der Waals surface area contributed by atoms with E-state index in [4.69, 9.17) is 5.73 Å². The van der Waals surface area contributed by atoms with Gasteiger partial charge in [-0.2, -0.15) is 5.10 Å². The maximum Gasteiger partial charge on any atom is 0.227 e. The van der Waals surface area contributed by atoms with Gasteiger partial charge in [0.05, 0.1) is 5.41 Å². The van der Waals surface area contributed by atoms with E-state index in [1.54, 1.807) is 0 Å². The number of rotatable bonds is 7. The molecule has 0 radical (unpaired) electrons. The number of hydrogen-bond donors (Lipinski definition) is 3. The minimum atomic E-state index is -0.452. The zero-order valence-electron chi connectivity index (χ0n) is 10.5. The van der Waals surface area contributed by atoms with Crippen molar-refractivity contribution >= 4 is 5.91 Å². The second kappa shape index (κ2) is 6.34. The van der Waals surface area contributed by atoms with Crippen LogP contribution in [0.15, 0.2) is 6.33 Å². The second-order valence-electron chi connectivity index (χ2n) is 4.41. The highest BCUT2D eigenvalue weighted by molar-refractivity contribution is 5.82. The summed E-state index contributed by atoms with van der Waals surface area (Å²) in [7, 11) is 0. The van der Waals surface area contributed by atoms with E-state index in [9.17, 15) is 4.79 Å². The zero-order chi connectivity index (χ0) is 12.7. The molecule has 1 aromatic heterocycles. The Morgan fingerprint density at radius 2 is 2.41 bits per heavy atom. The fraction of sp³-hybridized carbons (Fsp3) is 0.727. The van der Waals surface area contributed by atoms with Crippen molar-refractivity contribution in [2.24, 2.45) is 11.1 Å². The molecule has 1 atom stereocenters. The largest absolute Gasteiger partial charge is 0.356 e. The molecule has 1 unspecified atom stereocenters. The summed E-state index contributed by atoms with van der Waals surface area (Å²) in [6, 6.07) is 0. The number of amides is 1. The monoisotopic (exact) mass is 239 g/mol. The van der Waals surface area contributed by atoms with Gasteiger partial charge in [0.15, 0.2) is 0 Å². The molecule has 0 aliphatic rings. The van der Waals surface area contributed by atoms with Crippen LogP contribution in [0.5, 0.6) is 0 Å². The Morgan fingerprint density at radius 3 is 2.94 bits per heavy atom. The van der Waals surface area contributed by atoms with Crippen LogP contribution >= 0.6 is 0 Å². The summed E-state index contributed by atoms with van der Waals surface area (Å²) in [5, 5.41) is 9.45. The van der Waals surface area contributed by atoms with E-state index >= 15 is 0 Å². The number of carbonyl (C=O) groups excluding carboxylic acids is 1. The molecule has 17 heavy (non-hydrogen) atoms. The predicted molar refractivity (Wildman–Crippen MR) is 65.2 cm³/mol. The number of nitrogens with one attached hydrogen (secondary N) is 2. The van der Waals surface area contributed by atoms with Crippen molar-refractivity contribution < 1.29 is 4.79 Å². The molecule has 0 saturated heterocycles. The summed E-state index contributed by atoms with van der Waals surface area (Å²) in [6.07, 6.45) is 3.85. The highest BCUT2D eigenvalue weighted by Gasteiger charge is 2.28. The molecule has 0 saturated carbocycles. The third kappa shape index (κ3) is 3.81. The zero-order valence-corrected chi connectivity index (χ0v) is 10.5. The third-order valence-electron chi connectivity index (χ3n) is 3.12. The predicted octanol–water partition coefficient (Wildman–Crippen LogP) is 0.229. The average molecular weight is 239 g/mol. The topological polar surface area (TPSA) is 96.7 Å². The van der Waals surface area contributed by atoms with E-state index < -0.39 is 5.41 Å². The number of nitrogens with two attached hydrogens (primary N) is 1. The molecule has 0 bridgehead atoms. The molecule has 4 N–H and O–H groups in total. The molecule has 0 aliphatic heterocycles. The first-order valence-electron chi connectivity index (χ1n) is 5.95. The van der Waals surface area contributed by atoms with Gasteiger partial charge in [0.2, 0.25) is 5.91 Å². The van der Waals surface area contributed by atoms with Crippen LogP contribution in [0.3, 0.4) is 0 Å². The smallest absolute Gasteiger partial charge is 0.227 e. The van der Waals surface area contributed by atoms with Gasteiger partial charge in [0, 0.05) is 19.5 Å². The first-order chi connectivity index (χ1) is 8.12. The first-order valence-corrected chi connectivity index (χ1v) is 5.95. The molecule has 0 fully saturated rings. The van der Waals surface area contributed by atoms with Gasteiger partial charge in [0.1, 0.15) is 12.2 Å². The molecule has 6 nitrogen and oxygen atoms in total. The molecular weight excluding hydrogens is 218 g/mol. The van der Waals surface area contributed by atoms with Crippen molar-refractivity contribution in [2.45, 2.75) is 33.1 Å². The molecule has 0 spiro atoms. The van der Waals surface area contributed by atoms with Crippen molar-refractivity contribution in [2.75, 3.05) is 13.1 Å². The number of carbonyl (C=O) groups is 1. The fourth-order valence-corrected chi connectivity index (χ4v) is 1.42. The van der Waals surface area contributed by atoms with Crippen LogP contribution in [0.4, 0.5) is 0 Å². The van der Waals surface area contributed by atoms with E-state index in [-0.39, 0.29) is 5.91 Å². The molecule has 1 rings (SSSR count). The number of nitrogens with zero attached hydrogens (tertiary/aromatic N) is 2. The van der Waals surface area contributed by atoms with Crippen LogP contribution < -0.4 is 11.1 Å². The van der Waals surface area contributed by atoms with Gasteiger partial charge in [-0.25, -0.2) is 4.98 Å². The Bertz CT molecular complexity index is 332. The quantitative estimate of drug-likeness (QED) is 0.593. The molecule has 1 heterocycles. The second-order valence-corrected chi connectivity index (χ2v) is 4.41. The Kier molecular flexibility index (Phi) is 5.09. The molecule has 0 aromatic carbocycles. The van der Waals surface area contributed by atoms with Crippen molar-refractivity contribution in [3.8, 4) is 0 Å². The molecule has 6 heteroatoms. The lowest BCUT2D eigenvalue weighted by atomic mass is 9.86. The Morgan fingerprint density at radius 1 is 1.65 bits per heavy atom. The first kappa shape index (κ1) is 13.6. The van der Waals surface area contributed by atoms with Crippen molar-refractivity contribution in [3.63, 3.8) is 0 Å². The SMILES string of the molecule is CCC(C)(CN)C(=O)NCCCc1ncn[nH]1. The van der Waals surface area contributed by atoms with Crippen LogP contribution in [0.25, 0.3) is 0 Å². The number of H-pyrrole nitrogens is 1. The minimum Gasteiger partial charge on any atom is -0.356 e. The standard InChI is InChI=1S/C11H21N5O/c1-3-11(2,7-12)10(17)13-6-4-5-9-14-8-15-16-9/h8H,3-7,12H2,1-2H3,(H,13,17)(H,14,15,16). The summed E-state index contributed by atoms with van der Waals surface area (Å²) in [4.78, 5) is 15.9. The lowest BCUT2D eigenvalue weighted by Gasteiger charge is -2.24. The summed E-state index contributed by atoms with van der Waals surface area (Å²) in [5.41, 5.74) is 5.16. The van der Waals surface area contributed by atoms with Crippen LogP contribution in [0.1, 0.15) is 32.5 Å². The lowest BCUT2D eigenvalue weighted by Crippen LogP contribution is -2.43. The van der Waals surface area contributed by atoms with E-state index in [2.05, 4.69) is 20.5 Å². The van der Waals surface area contributed by atoms with Crippen LogP contribution in [-0.2, 0) is 11.2 Å². The van der Waals surface area contributed by atoms with E-state index in [0.29, 0.717) is 13.1 Å². The number of aromatic amines is 1. The van der Waals surface area contributed by atoms with Gasteiger partial charge in [0.25, 0.3) is 0 Å². The van der Waals surface area contributed by atoms with E-state index in [1.807, 2.05) is 13.8 Å². The number of aromatic nitrogens is 3. The molecular formula is C11H21N5O. The van der Waals surface area contributed by atoms with Gasteiger partial charge in [-0.15, -0.1) is 0 Å². The summed E-state index contributed by atoms with van der Waals surface area (Å²) < 4.78 is 0. The van der Waals surface area contributed by atoms with Gasteiger partial charge in [-0.05, 0) is 19.8 Å². The molecule has 1 amide bonds. The van der Waals surface area contributed by atoms with Crippen LogP contribution in [-0.4, -0.2) is 34.2 Å². The Labute approximate surface area is 101 Å². The highest BCUT2D eigenvalue weighted by atomic mass is 16.2. The number of hydrogen-bond acceptors (Lipinski definition) is 4. The van der Waals surface area contributed by atoms with Crippen molar-refractivity contribution in [1.82, 2.24) is 20.5 Å². The molecule has 0 aliphatic carbocycles. The Balaban J connectivity index is 2.24. The lowest BCUT2D eigenvalue weighted by molar-refractivity contribution is -0.129. The van der Waals surface area contributed by atoms with Crippen LogP contribution in [0.2, 0.25) is 0 Å². The van der Waals surface area contributed by atoms with E-state index in [1.165, 1.54) is 6.33 Å². The van der Waals surface area contributed by atoms with Gasteiger partial charge >= 0.3 is 0 Å². The summed E-state index contributed by atoms with van der Waals surface area (Å²) >= 11 is 0. The van der Waals surface area contributed by atoms with Gasteiger partial charge in [-0.3, -0.25) is 9.89 Å². The normalized spacial score (nSPS) is 14.3. The van der Waals surface area contributed by atoms with Gasteiger partial charge < -0.3 is 11.1 Å². The van der Waals surface area contributed by atoms with Gasteiger partial charge in [-0.1, -0.05) is 6.92 Å². The minimum absolute atomic E-state index is 0.0278. The van der Waals surface area contributed by atoms with E-state index in [0.717, 1.165) is 25.1 Å². The van der Waals surface area contributed by atoms with Crippen LogP contribution in [0, 0.1) is 5.41 Å². The number of aryl methyl sites for hydroxylation is 1. The highest BCUT2D eigenvalue weighted by Crippen LogP contribution is 2.18. The molecule has 1 aromatic rings. The summed E-state index contributed by atoms with van der Waals surface area (Å²) in [6.45, 7) is 4.87. The van der Waals surface area contributed by atoms with Crippen molar-refractivity contribution in [1.29, 1.82) is 0 Å². The maximum atomic E-state index is 11.9. The Hall–Kier alpha value is -1.43. The maximum absolute atomic E-state index is 11.9. The summed E-state index contributed by atoms with van der Waals surface area (Å²) in [5.74, 6) is 0.872.